The summed E-state index contributed by atoms with van der Waals surface area (Å²) < 4.78 is 7.08. The van der Waals surface area contributed by atoms with Crippen molar-refractivity contribution in [2.75, 3.05) is 36.1 Å². The third-order valence-corrected chi connectivity index (χ3v) is 5.76. The number of carbonyl (C=O) groups excluding carboxylic acids is 2. The van der Waals surface area contributed by atoms with Gasteiger partial charge in [-0.1, -0.05) is 0 Å². The fraction of sp³-hybridized carbons (Fsp3) is 0.545. The van der Waals surface area contributed by atoms with Crippen molar-refractivity contribution in [1.82, 2.24) is 19.7 Å². The van der Waals surface area contributed by atoms with Crippen LogP contribution in [0, 0.1) is 5.41 Å². The monoisotopic (exact) mass is 441 g/mol. The Morgan fingerprint density at radius 2 is 1.88 bits per heavy atom. The Labute approximate surface area is 187 Å². The zero-order valence-corrected chi connectivity index (χ0v) is 19.2. The number of hydrogen-bond donors (Lipinski definition) is 3. The maximum absolute atomic E-state index is 12.8. The highest BCUT2D eigenvalue weighted by atomic mass is 16.6. The van der Waals surface area contributed by atoms with Crippen molar-refractivity contribution in [3.63, 3.8) is 0 Å². The van der Waals surface area contributed by atoms with E-state index < -0.39 is 5.60 Å². The number of rotatable bonds is 5. The number of nitrogens with zero attached hydrogens (tertiary/aromatic N) is 4. The lowest BCUT2D eigenvalue weighted by molar-refractivity contribution is -0.0739. The molecule has 2 aromatic rings. The molecule has 1 aliphatic heterocycles. The number of hydrogen-bond acceptors (Lipinski definition) is 7. The Morgan fingerprint density at radius 1 is 1.16 bits per heavy atom. The van der Waals surface area contributed by atoms with Gasteiger partial charge in [0.25, 0.3) is 5.91 Å². The van der Waals surface area contributed by atoms with E-state index in [4.69, 9.17) is 4.74 Å². The quantitative estimate of drug-likeness (QED) is 0.654. The number of aryl methyl sites for hydroxylation is 1. The molecule has 2 aromatic heterocycles. The number of pyridine rings is 1. The fourth-order valence-corrected chi connectivity index (χ4v) is 4.32. The molecule has 1 saturated carbocycles. The van der Waals surface area contributed by atoms with Gasteiger partial charge in [0, 0.05) is 50.9 Å². The predicted octanol–water partition coefficient (Wildman–Crippen LogP) is 2.92. The molecule has 0 aromatic carbocycles. The Kier molecular flexibility index (Phi) is 5.47. The molecule has 4 rings (SSSR count). The molecule has 0 radical (unpaired) electrons. The molecule has 32 heavy (non-hydrogen) atoms. The number of ether oxygens (including phenoxy) is 1. The Morgan fingerprint density at radius 3 is 2.47 bits per heavy atom. The summed E-state index contributed by atoms with van der Waals surface area (Å²) in [6.45, 7) is 7.03. The molecule has 2 fully saturated rings. The van der Waals surface area contributed by atoms with Crippen LogP contribution in [-0.4, -0.2) is 63.4 Å². The van der Waals surface area contributed by atoms with Crippen molar-refractivity contribution in [1.29, 1.82) is 0 Å². The van der Waals surface area contributed by atoms with Gasteiger partial charge in [0.15, 0.2) is 5.82 Å². The van der Waals surface area contributed by atoms with E-state index >= 15 is 0 Å². The van der Waals surface area contributed by atoms with Crippen LogP contribution in [0.1, 0.15) is 44.0 Å². The molecular formula is C22H31N7O3. The molecule has 3 heterocycles. The molecule has 172 valence electrons. The normalized spacial score (nSPS) is 17.3. The first-order chi connectivity index (χ1) is 15.1. The van der Waals surface area contributed by atoms with Gasteiger partial charge in [-0.25, -0.2) is 9.78 Å². The lowest BCUT2D eigenvalue weighted by Gasteiger charge is -2.58. The third kappa shape index (κ3) is 4.63. The molecular weight excluding hydrogens is 410 g/mol. The summed E-state index contributed by atoms with van der Waals surface area (Å²) in [4.78, 5) is 31.4. The highest BCUT2D eigenvalue weighted by molar-refractivity contribution is 6.07. The molecule has 1 saturated heterocycles. The maximum atomic E-state index is 12.8. The van der Waals surface area contributed by atoms with Gasteiger partial charge in [-0.05, 0) is 45.7 Å². The van der Waals surface area contributed by atoms with Crippen LogP contribution in [0.25, 0.3) is 0 Å². The van der Waals surface area contributed by atoms with E-state index in [1.807, 2.05) is 20.8 Å². The van der Waals surface area contributed by atoms with Crippen LogP contribution in [0.4, 0.5) is 22.2 Å². The summed E-state index contributed by atoms with van der Waals surface area (Å²) in [6, 6.07) is 5.45. The van der Waals surface area contributed by atoms with E-state index in [9.17, 15) is 9.59 Å². The minimum absolute atomic E-state index is 0.131. The van der Waals surface area contributed by atoms with E-state index in [1.165, 1.54) is 0 Å². The molecule has 0 unspecified atom stereocenters. The zero-order chi connectivity index (χ0) is 23.1. The average molecular weight is 442 g/mol. The minimum atomic E-state index is -0.486. The van der Waals surface area contributed by atoms with Crippen molar-refractivity contribution >= 4 is 29.5 Å². The highest BCUT2D eigenvalue weighted by Crippen LogP contribution is 2.49. The molecule has 10 nitrogen and oxygen atoms in total. The largest absolute Gasteiger partial charge is 0.444 e. The SMILES string of the molecule is CNc1ccc(C(=O)Nc2ccn(C)n2)c(NC2CC3(C2)CN(C(=O)OC(C)(C)C)C3)n1. The highest BCUT2D eigenvalue weighted by Gasteiger charge is 2.54. The summed E-state index contributed by atoms with van der Waals surface area (Å²) in [6.07, 6.45) is 3.35. The topological polar surface area (TPSA) is 113 Å². The van der Waals surface area contributed by atoms with Crippen LogP contribution in [0.2, 0.25) is 0 Å². The number of aromatic nitrogens is 3. The van der Waals surface area contributed by atoms with Gasteiger partial charge in [0.1, 0.15) is 17.2 Å². The summed E-state index contributed by atoms with van der Waals surface area (Å²) >= 11 is 0. The number of likely N-dealkylation sites (tertiary alicyclic amines) is 1. The molecule has 0 bridgehead atoms. The summed E-state index contributed by atoms with van der Waals surface area (Å²) in [5.74, 6) is 1.43. The average Bonchev–Trinajstić information content (AvgIpc) is 3.05. The van der Waals surface area contributed by atoms with E-state index in [0.29, 0.717) is 36.1 Å². The van der Waals surface area contributed by atoms with Crippen molar-refractivity contribution in [3.8, 4) is 0 Å². The maximum Gasteiger partial charge on any atom is 0.410 e. The Balaban J connectivity index is 1.37. The summed E-state index contributed by atoms with van der Waals surface area (Å²) in [7, 11) is 3.58. The second-order valence-corrected chi connectivity index (χ2v) is 9.76. The van der Waals surface area contributed by atoms with Gasteiger partial charge in [-0.2, -0.15) is 5.10 Å². The van der Waals surface area contributed by atoms with Gasteiger partial charge in [-0.15, -0.1) is 0 Å². The second kappa shape index (κ2) is 7.99. The second-order valence-electron chi connectivity index (χ2n) is 9.76. The first-order valence-electron chi connectivity index (χ1n) is 10.8. The molecule has 2 amide bonds. The smallest absolute Gasteiger partial charge is 0.410 e. The summed E-state index contributed by atoms with van der Waals surface area (Å²) in [5.41, 5.74) is 0.102. The van der Waals surface area contributed by atoms with Gasteiger partial charge < -0.3 is 25.6 Å². The van der Waals surface area contributed by atoms with Gasteiger partial charge in [-0.3, -0.25) is 9.48 Å². The van der Waals surface area contributed by atoms with Gasteiger partial charge >= 0.3 is 6.09 Å². The van der Waals surface area contributed by atoms with Crippen molar-refractivity contribution in [2.24, 2.45) is 12.5 Å². The van der Waals surface area contributed by atoms with Crippen LogP contribution < -0.4 is 16.0 Å². The van der Waals surface area contributed by atoms with Crippen molar-refractivity contribution in [2.45, 2.75) is 45.3 Å². The lowest BCUT2D eigenvalue weighted by atomic mass is 9.61. The molecule has 1 aliphatic carbocycles. The fourth-order valence-electron chi connectivity index (χ4n) is 4.32. The number of nitrogens with one attached hydrogen (secondary N) is 3. The summed E-state index contributed by atoms with van der Waals surface area (Å²) in [5, 5.41) is 13.5. The Bertz CT molecular complexity index is 1010. The van der Waals surface area contributed by atoms with E-state index in [-0.39, 0.29) is 23.5 Å². The third-order valence-electron chi connectivity index (χ3n) is 5.76. The Hall–Kier alpha value is -3.30. The van der Waals surface area contributed by atoms with E-state index in [1.54, 1.807) is 48.1 Å². The van der Waals surface area contributed by atoms with Crippen LogP contribution in [0.15, 0.2) is 24.4 Å². The number of carbonyl (C=O) groups is 2. The van der Waals surface area contributed by atoms with E-state index in [2.05, 4.69) is 26.0 Å². The first kappa shape index (κ1) is 21.9. The van der Waals surface area contributed by atoms with Crippen LogP contribution in [0.5, 0.6) is 0 Å². The molecule has 1 spiro atoms. The number of anilines is 3. The van der Waals surface area contributed by atoms with Gasteiger partial charge in [0.05, 0.1) is 5.56 Å². The van der Waals surface area contributed by atoms with Crippen LogP contribution in [-0.2, 0) is 11.8 Å². The predicted molar refractivity (Wildman–Crippen MR) is 122 cm³/mol. The van der Waals surface area contributed by atoms with Crippen LogP contribution >= 0.6 is 0 Å². The van der Waals surface area contributed by atoms with Crippen molar-refractivity contribution < 1.29 is 14.3 Å². The van der Waals surface area contributed by atoms with Gasteiger partial charge in [0.2, 0.25) is 0 Å². The molecule has 2 aliphatic rings. The minimum Gasteiger partial charge on any atom is -0.444 e. The first-order valence-corrected chi connectivity index (χ1v) is 10.8. The van der Waals surface area contributed by atoms with Crippen molar-refractivity contribution in [3.05, 3.63) is 30.0 Å². The molecule has 10 heteroatoms. The lowest BCUT2D eigenvalue weighted by Crippen LogP contribution is -2.66. The standard InChI is InChI=1S/C22H31N7O3/c1-21(2,3)32-20(31)29-12-22(13-29)10-14(11-22)24-18-15(6-7-16(23-4)25-18)19(30)26-17-8-9-28(5)27-17/h6-9,14H,10-13H2,1-5H3,(H2,23,24,25)(H,26,27,30). The molecule has 3 N–H and O–H groups in total. The zero-order valence-electron chi connectivity index (χ0n) is 19.2. The number of amides is 2. The van der Waals surface area contributed by atoms with E-state index in [0.717, 1.165) is 12.8 Å². The van der Waals surface area contributed by atoms with Crippen LogP contribution in [0.3, 0.4) is 0 Å². The molecule has 0 atom stereocenters.